The summed E-state index contributed by atoms with van der Waals surface area (Å²) in [6, 6.07) is 12.9. The van der Waals surface area contributed by atoms with Crippen LogP contribution in [0.25, 0.3) is 0 Å². The Labute approximate surface area is 188 Å². The van der Waals surface area contributed by atoms with Crippen LogP contribution in [0.15, 0.2) is 65.7 Å². The minimum atomic E-state index is -4.43. The van der Waals surface area contributed by atoms with E-state index in [-0.39, 0.29) is 37.0 Å². The van der Waals surface area contributed by atoms with Gasteiger partial charge in [0.2, 0.25) is 16.0 Å². The Morgan fingerprint density at radius 2 is 1.67 bits per heavy atom. The Kier molecular flexibility index (Phi) is 6.13. The molecule has 0 atom stereocenters. The van der Waals surface area contributed by atoms with Crippen molar-refractivity contribution in [2.75, 3.05) is 42.1 Å². The van der Waals surface area contributed by atoms with Crippen molar-refractivity contribution in [2.45, 2.75) is 11.1 Å². The zero-order chi connectivity index (χ0) is 23.6. The summed E-state index contributed by atoms with van der Waals surface area (Å²) in [5, 5.41) is 3.02. The number of aromatic nitrogens is 2. The molecule has 2 aromatic carbocycles. The van der Waals surface area contributed by atoms with E-state index in [2.05, 4.69) is 15.3 Å². The third-order valence-electron chi connectivity index (χ3n) is 5.22. The van der Waals surface area contributed by atoms with Gasteiger partial charge in [-0.25, -0.2) is 13.4 Å². The number of hydrogen-bond donors (Lipinski definition) is 2. The Morgan fingerprint density at radius 1 is 0.970 bits per heavy atom. The van der Waals surface area contributed by atoms with Gasteiger partial charge in [-0.15, -0.1) is 0 Å². The van der Waals surface area contributed by atoms with Crippen molar-refractivity contribution in [3.63, 3.8) is 0 Å². The summed E-state index contributed by atoms with van der Waals surface area (Å²) < 4.78 is 66.4. The summed E-state index contributed by atoms with van der Waals surface area (Å²) in [5.74, 6) is 0.590. The fourth-order valence-corrected chi connectivity index (χ4v) is 4.94. The Hall–Kier alpha value is -3.38. The van der Waals surface area contributed by atoms with Crippen LogP contribution in [0.1, 0.15) is 5.56 Å². The highest BCUT2D eigenvalue weighted by Gasteiger charge is 2.32. The summed E-state index contributed by atoms with van der Waals surface area (Å²) >= 11 is 0. The molecule has 0 unspecified atom stereocenters. The molecule has 33 heavy (non-hydrogen) atoms. The van der Waals surface area contributed by atoms with Crippen molar-refractivity contribution in [1.82, 2.24) is 14.3 Å². The molecule has 1 fully saturated rings. The van der Waals surface area contributed by atoms with Gasteiger partial charge < -0.3 is 16.0 Å². The zero-order valence-corrected chi connectivity index (χ0v) is 18.1. The number of nitrogens with two attached hydrogens (primary N) is 1. The first kappa shape index (κ1) is 22.8. The van der Waals surface area contributed by atoms with E-state index in [9.17, 15) is 21.6 Å². The van der Waals surface area contributed by atoms with E-state index in [0.717, 1.165) is 12.1 Å². The zero-order valence-electron chi connectivity index (χ0n) is 17.3. The van der Waals surface area contributed by atoms with Crippen molar-refractivity contribution in [1.29, 1.82) is 0 Å². The topological polar surface area (TPSA) is 104 Å². The summed E-state index contributed by atoms with van der Waals surface area (Å²) in [4.78, 5) is 9.71. The maximum atomic E-state index is 13.0. The predicted octanol–water partition coefficient (Wildman–Crippen LogP) is 3.33. The smallest absolute Gasteiger partial charge is 0.369 e. The summed E-state index contributed by atoms with van der Waals surface area (Å²) in [6.45, 7) is 0.905. The van der Waals surface area contributed by atoms with E-state index in [1.54, 1.807) is 29.2 Å². The molecular weight excluding hydrogens is 457 g/mol. The Morgan fingerprint density at radius 3 is 2.30 bits per heavy atom. The van der Waals surface area contributed by atoms with Gasteiger partial charge in [0.1, 0.15) is 5.82 Å². The number of nitrogen functional groups attached to an aromatic ring is 1. The van der Waals surface area contributed by atoms with Crippen molar-refractivity contribution < 1.29 is 21.6 Å². The van der Waals surface area contributed by atoms with Gasteiger partial charge in [0.25, 0.3) is 0 Å². The number of benzene rings is 2. The van der Waals surface area contributed by atoms with E-state index in [4.69, 9.17) is 5.73 Å². The van der Waals surface area contributed by atoms with E-state index < -0.39 is 21.8 Å². The van der Waals surface area contributed by atoms with Crippen molar-refractivity contribution in [3.8, 4) is 0 Å². The van der Waals surface area contributed by atoms with Crippen LogP contribution in [0.3, 0.4) is 0 Å². The Balaban J connectivity index is 1.42. The molecule has 1 saturated heterocycles. The van der Waals surface area contributed by atoms with Crippen LogP contribution < -0.4 is 16.0 Å². The highest BCUT2D eigenvalue weighted by molar-refractivity contribution is 7.89. The number of alkyl halides is 3. The SMILES string of the molecule is Nc1nccc(Nc2ccc(S(=O)(=O)N3CCN(c4cccc(C(F)(F)F)c4)CC3)cc2)n1. The van der Waals surface area contributed by atoms with Gasteiger partial charge in [-0.1, -0.05) is 6.07 Å². The normalized spacial score (nSPS) is 15.4. The molecule has 0 aliphatic carbocycles. The van der Waals surface area contributed by atoms with Crippen LogP contribution in [0.4, 0.5) is 36.3 Å². The van der Waals surface area contributed by atoms with Gasteiger partial charge in [0.15, 0.2) is 0 Å². The number of halogens is 3. The average Bonchev–Trinajstić information content (AvgIpc) is 2.79. The monoisotopic (exact) mass is 478 g/mol. The molecule has 2 heterocycles. The van der Waals surface area contributed by atoms with Crippen molar-refractivity contribution in [2.24, 2.45) is 0 Å². The molecule has 174 valence electrons. The van der Waals surface area contributed by atoms with Crippen LogP contribution in [-0.2, 0) is 16.2 Å². The van der Waals surface area contributed by atoms with Gasteiger partial charge in [-0.2, -0.15) is 22.5 Å². The van der Waals surface area contributed by atoms with Gasteiger partial charge in [0.05, 0.1) is 10.5 Å². The lowest BCUT2D eigenvalue weighted by Gasteiger charge is -2.35. The number of rotatable bonds is 5. The minimum absolute atomic E-state index is 0.114. The molecule has 0 amide bonds. The molecule has 1 aliphatic rings. The van der Waals surface area contributed by atoms with E-state index in [1.807, 2.05) is 0 Å². The van der Waals surface area contributed by atoms with E-state index in [1.165, 1.54) is 28.7 Å². The molecular formula is C21H21F3N6O2S. The second-order valence-corrected chi connectivity index (χ2v) is 9.33. The number of sulfonamides is 1. The molecule has 3 aromatic rings. The minimum Gasteiger partial charge on any atom is -0.369 e. The van der Waals surface area contributed by atoms with E-state index >= 15 is 0 Å². The lowest BCUT2D eigenvalue weighted by Crippen LogP contribution is -2.48. The Bertz CT molecular complexity index is 1230. The van der Waals surface area contributed by atoms with Crippen LogP contribution in [0.2, 0.25) is 0 Å². The largest absolute Gasteiger partial charge is 0.416 e. The summed E-state index contributed by atoms with van der Waals surface area (Å²) in [6.07, 6.45) is -2.93. The van der Waals surface area contributed by atoms with Crippen LogP contribution in [0, 0.1) is 0 Å². The van der Waals surface area contributed by atoms with Gasteiger partial charge in [-0.05, 0) is 48.5 Å². The molecule has 0 radical (unpaired) electrons. The maximum absolute atomic E-state index is 13.0. The standard InChI is InChI=1S/C21H21F3N6O2S/c22-21(23,24)15-2-1-3-17(14-15)29-10-12-30(13-11-29)33(31,32)18-6-4-16(5-7-18)27-19-8-9-26-20(25)28-19/h1-9,14H,10-13H2,(H3,25,26,27,28). The fourth-order valence-electron chi connectivity index (χ4n) is 3.52. The average molecular weight is 479 g/mol. The van der Waals surface area contributed by atoms with Gasteiger partial charge in [-0.3, -0.25) is 0 Å². The second kappa shape index (κ2) is 8.87. The highest BCUT2D eigenvalue weighted by atomic mass is 32.2. The van der Waals surface area contributed by atoms with Gasteiger partial charge >= 0.3 is 6.18 Å². The molecule has 12 heteroatoms. The molecule has 1 aromatic heterocycles. The third-order valence-corrected chi connectivity index (χ3v) is 7.13. The first-order chi connectivity index (χ1) is 15.6. The lowest BCUT2D eigenvalue weighted by atomic mass is 10.1. The number of nitrogens with one attached hydrogen (secondary N) is 1. The summed E-state index contributed by atoms with van der Waals surface area (Å²) in [5.41, 5.74) is 5.87. The van der Waals surface area contributed by atoms with Crippen LogP contribution >= 0.6 is 0 Å². The number of piperazine rings is 1. The molecule has 0 saturated carbocycles. The fraction of sp³-hybridized carbons (Fsp3) is 0.238. The second-order valence-electron chi connectivity index (χ2n) is 7.39. The molecule has 1 aliphatic heterocycles. The number of anilines is 4. The molecule has 8 nitrogen and oxygen atoms in total. The predicted molar refractivity (Wildman–Crippen MR) is 119 cm³/mol. The number of nitrogens with zero attached hydrogens (tertiary/aromatic N) is 4. The van der Waals surface area contributed by atoms with Crippen molar-refractivity contribution >= 4 is 33.2 Å². The highest BCUT2D eigenvalue weighted by Crippen LogP contribution is 2.32. The van der Waals surface area contributed by atoms with Gasteiger partial charge in [0, 0.05) is 43.8 Å². The first-order valence-corrected chi connectivity index (χ1v) is 11.4. The third kappa shape index (κ3) is 5.17. The summed E-state index contributed by atoms with van der Waals surface area (Å²) in [7, 11) is -3.74. The van der Waals surface area contributed by atoms with E-state index in [0.29, 0.717) is 17.2 Å². The quantitative estimate of drug-likeness (QED) is 0.580. The van der Waals surface area contributed by atoms with Crippen molar-refractivity contribution in [3.05, 3.63) is 66.4 Å². The molecule has 3 N–H and O–H groups in total. The lowest BCUT2D eigenvalue weighted by molar-refractivity contribution is -0.137. The maximum Gasteiger partial charge on any atom is 0.416 e. The molecule has 0 bridgehead atoms. The molecule has 4 rings (SSSR count). The first-order valence-electron chi connectivity index (χ1n) is 10.0. The van der Waals surface area contributed by atoms with Crippen LogP contribution in [-0.4, -0.2) is 48.9 Å². The number of hydrogen-bond acceptors (Lipinski definition) is 7. The molecule has 0 spiro atoms. The van der Waals surface area contributed by atoms with Crippen LogP contribution in [0.5, 0.6) is 0 Å².